The second-order valence-corrected chi connectivity index (χ2v) is 17.8. The average molecular weight is 548 g/mol. The maximum absolute atomic E-state index is 13.8. The van der Waals surface area contributed by atoms with Gasteiger partial charge in [0, 0.05) is 6.04 Å². The average Bonchev–Trinajstić information content (AvgIpc) is 3.42. The van der Waals surface area contributed by atoms with E-state index in [2.05, 4.69) is 86.2 Å². The van der Waals surface area contributed by atoms with Gasteiger partial charge in [0.1, 0.15) is 19.1 Å². The molecule has 0 aromatic heterocycles. The zero-order valence-electron chi connectivity index (χ0n) is 23.3. The highest BCUT2D eigenvalue weighted by atomic mass is 32.2. The summed E-state index contributed by atoms with van der Waals surface area (Å²) in [4.78, 5) is 14.3. The lowest BCUT2D eigenvalue weighted by Crippen LogP contribution is -2.68. The summed E-state index contributed by atoms with van der Waals surface area (Å²) in [5.74, 6) is -0.189. The Morgan fingerprint density at radius 3 is 1.87 bits per heavy atom. The highest BCUT2D eigenvalue weighted by molar-refractivity contribution is 7.83. The molecule has 0 radical (unpaired) electrons. The normalized spacial score (nSPS) is 17.1. The molecule has 3 aromatic carbocycles. The molecule has 1 N–H and O–H groups in total. The van der Waals surface area contributed by atoms with Crippen LogP contribution in [0.25, 0.3) is 0 Å². The molecule has 0 spiro atoms. The molecule has 3 aromatic rings. The number of rotatable bonds is 9. The lowest BCUT2D eigenvalue weighted by atomic mass is 9.79. The van der Waals surface area contributed by atoms with Crippen LogP contribution in [-0.4, -0.2) is 31.4 Å². The Kier molecular flexibility index (Phi) is 8.75. The van der Waals surface area contributed by atoms with Gasteiger partial charge in [0.15, 0.2) is 0 Å². The number of ether oxygens (including phenoxy) is 1. The summed E-state index contributed by atoms with van der Waals surface area (Å²) in [5.41, 5.74) is 0.402. The van der Waals surface area contributed by atoms with E-state index >= 15 is 0 Å². The van der Waals surface area contributed by atoms with Crippen molar-refractivity contribution in [2.75, 3.05) is 7.11 Å². The van der Waals surface area contributed by atoms with Gasteiger partial charge in [-0.3, -0.25) is 4.79 Å². The summed E-state index contributed by atoms with van der Waals surface area (Å²) in [6, 6.07) is 29.8. The molecule has 2 atom stereocenters. The van der Waals surface area contributed by atoms with Crippen LogP contribution >= 0.6 is 0 Å². The fourth-order valence-electron chi connectivity index (χ4n) is 6.44. The van der Waals surface area contributed by atoms with Crippen LogP contribution in [0.1, 0.15) is 52.0 Å². The first-order valence-corrected chi connectivity index (χ1v) is 16.9. The monoisotopic (exact) mass is 547 g/mol. The number of carbonyl (C=O) groups excluding carboxylic acids is 1. The Labute approximate surface area is 231 Å². The minimum absolute atomic E-state index is 0.0864. The lowest BCUT2D eigenvalue weighted by Gasteiger charge is -2.48. The molecule has 1 saturated carbocycles. The Bertz CT molecular complexity index is 1190. The van der Waals surface area contributed by atoms with Crippen molar-refractivity contribution in [2.45, 2.75) is 75.4 Å². The van der Waals surface area contributed by atoms with Crippen molar-refractivity contribution in [3.63, 3.8) is 0 Å². The standard InChI is InChI=1S/C32H41NO3SSi/c1-25-18-20-26(21-19-25)37(35)33-29(32(30(34)36-5)22-12-13-23-32)24-38(31(2,3)4,27-14-8-6-9-15-27)28-16-10-7-11-17-28/h6-11,14-21,29,33H,12-13,22-24H2,1-5H3/t29-,37-/m0/s1. The van der Waals surface area contributed by atoms with Crippen molar-refractivity contribution >= 4 is 35.4 Å². The van der Waals surface area contributed by atoms with E-state index in [1.54, 1.807) is 0 Å². The summed E-state index contributed by atoms with van der Waals surface area (Å²) in [7, 11) is -2.55. The van der Waals surface area contributed by atoms with E-state index < -0.39 is 24.5 Å². The van der Waals surface area contributed by atoms with E-state index in [0.29, 0.717) is 0 Å². The highest BCUT2D eigenvalue weighted by Gasteiger charge is 2.56. The molecule has 1 fully saturated rings. The molecule has 6 heteroatoms. The van der Waals surface area contributed by atoms with Crippen LogP contribution in [0.4, 0.5) is 0 Å². The van der Waals surface area contributed by atoms with Gasteiger partial charge in [-0.25, -0.2) is 8.93 Å². The SMILES string of the molecule is COC(=O)C1([C@H](C[Si](c2ccccc2)(c2ccccc2)C(C)(C)C)N[S@@](=O)c2ccc(C)cc2)CCCC1. The van der Waals surface area contributed by atoms with Crippen molar-refractivity contribution in [2.24, 2.45) is 5.41 Å². The summed E-state index contributed by atoms with van der Waals surface area (Å²) in [6.07, 6.45) is 3.40. The minimum atomic E-state index is -2.57. The largest absolute Gasteiger partial charge is 0.469 e. The third-order valence-electron chi connectivity index (χ3n) is 8.56. The highest BCUT2D eigenvalue weighted by Crippen LogP contribution is 2.48. The molecule has 1 aliphatic rings. The van der Waals surface area contributed by atoms with Gasteiger partial charge in [-0.1, -0.05) is 122 Å². The molecule has 0 aliphatic heterocycles. The summed E-state index contributed by atoms with van der Waals surface area (Å²) in [5, 5.41) is 2.56. The Hall–Kier alpha value is -2.54. The van der Waals surface area contributed by atoms with Crippen molar-refractivity contribution in [3.8, 4) is 0 Å². The predicted octanol–water partition coefficient (Wildman–Crippen LogP) is 5.77. The van der Waals surface area contributed by atoms with Crippen molar-refractivity contribution in [3.05, 3.63) is 90.5 Å². The van der Waals surface area contributed by atoms with Crippen LogP contribution in [0.5, 0.6) is 0 Å². The molecular formula is C32H41NO3SSi. The van der Waals surface area contributed by atoms with Gasteiger partial charge in [0.25, 0.3) is 0 Å². The van der Waals surface area contributed by atoms with Gasteiger partial charge < -0.3 is 4.74 Å². The number of benzene rings is 3. The fraction of sp³-hybridized carbons (Fsp3) is 0.406. The molecular weight excluding hydrogens is 507 g/mol. The van der Waals surface area contributed by atoms with E-state index in [9.17, 15) is 9.00 Å². The third kappa shape index (κ3) is 5.44. The smallest absolute Gasteiger partial charge is 0.313 e. The van der Waals surface area contributed by atoms with Crippen molar-refractivity contribution < 1.29 is 13.7 Å². The number of hydrogen-bond donors (Lipinski definition) is 1. The van der Waals surface area contributed by atoms with Crippen LogP contribution in [0, 0.1) is 12.3 Å². The van der Waals surface area contributed by atoms with E-state index in [1.165, 1.54) is 17.5 Å². The molecule has 0 bridgehead atoms. The van der Waals surface area contributed by atoms with Gasteiger partial charge in [0.05, 0.1) is 17.4 Å². The molecule has 0 heterocycles. The van der Waals surface area contributed by atoms with Gasteiger partial charge in [-0.05, 0) is 43.0 Å². The summed E-state index contributed by atoms with van der Waals surface area (Å²) >= 11 is 0. The molecule has 0 amide bonds. The maximum Gasteiger partial charge on any atom is 0.313 e. The number of hydrogen-bond acceptors (Lipinski definition) is 3. The van der Waals surface area contributed by atoms with Crippen molar-refractivity contribution in [1.82, 2.24) is 4.72 Å². The molecule has 0 saturated heterocycles. The first-order valence-electron chi connectivity index (χ1n) is 13.6. The first kappa shape index (κ1) is 28.5. The molecule has 38 heavy (non-hydrogen) atoms. The van der Waals surface area contributed by atoms with Crippen molar-refractivity contribution in [1.29, 1.82) is 0 Å². The number of methoxy groups -OCH3 is 1. The first-order chi connectivity index (χ1) is 18.1. The zero-order valence-corrected chi connectivity index (χ0v) is 25.1. The third-order valence-corrected chi connectivity index (χ3v) is 16.0. The molecule has 4 rings (SSSR count). The topological polar surface area (TPSA) is 55.4 Å². The Balaban J connectivity index is 1.91. The molecule has 4 nitrogen and oxygen atoms in total. The zero-order chi connectivity index (χ0) is 27.4. The second-order valence-electron chi connectivity index (χ2n) is 11.7. The Morgan fingerprint density at radius 1 is 0.921 bits per heavy atom. The number of nitrogens with one attached hydrogen (secondary N) is 1. The quantitative estimate of drug-likeness (QED) is 0.273. The van der Waals surface area contributed by atoms with Gasteiger partial charge in [0.2, 0.25) is 0 Å². The lowest BCUT2D eigenvalue weighted by molar-refractivity contribution is -0.153. The van der Waals surface area contributed by atoms with Crippen LogP contribution in [-0.2, 0) is 20.5 Å². The van der Waals surface area contributed by atoms with Crippen LogP contribution in [0.2, 0.25) is 11.1 Å². The number of carbonyl (C=O) groups is 1. The van der Waals surface area contributed by atoms with Gasteiger partial charge in [-0.15, -0.1) is 0 Å². The van der Waals surface area contributed by atoms with E-state index in [4.69, 9.17) is 4.74 Å². The summed E-state index contributed by atoms with van der Waals surface area (Å²) < 4.78 is 22.8. The Morgan fingerprint density at radius 2 is 1.42 bits per heavy atom. The molecule has 202 valence electrons. The van der Waals surface area contributed by atoms with Gasteiger partial charge in [-0.2, -0.15) is 0 Å². The fourth-order valence-corrected chi connectivity index (χ4v) is 13.5. The molecule has 0 unspecified atom stereocenters. The summed E-state index contributed by atoms with van der Waals surface area (Å²) in [6.45, 7) is 9.00. The molecule has 1 aliphatic carbocycles. The van der Waals surface area contributed by atoms with E-state index in [1.807, 2.05) is 31.2 Å². The maximum atomic E-state index is 13.8. The van der Waals surface area contributed by atoms with Crippen LogP contribution < -0.4 is 15.1 Å². The predicted molar refractivity (Wildman–Crippen MR) is 160 cm³/mol. The van der Waals surface area contributed by atoms with E-state index in [0.717, 1.165) is 42.2 Å². The van der Waals surface area contributed by atoms with Crippen LogP contribution in [0.3, 0.4) is 0 Å². The number of esters is 1. The van der Waals surface area contributed by atoms with Crippen LogP contribution in [0.15, 0.2) is 89.8 Å². The van der Waals surface area contributed by atoms with E-state index in [-0.39, 0.29) is 17.0 Å². The minimum Gasteiger partial charge on any atom is -0.469 e. The van der Waals surface area contributed by atoms with Gasteiger partial charge >= 0.3 is 5.97 Å². The number of aryl methyl sites for hydroxylation is 1. The second kappa shape index (κ2) is 11.7.